The molecule has 1 heterocycles. The first kappa shape index (κ1) is 13.4. The summed E-state index contributed by atoms with van der Waals surface area (Å²) in [5.41, 5.74) is 1.32. The van der Waals surface area contributed by atoms with E-state index in [0.717, 1.165) is 0 Å². The summed E-state index contributed by atoms with van der Waals surface area (Å²) in [5, 5.41) is 0. The van der Waals surface area contributed by atoms with E-state index in [-0.39, 0.29) is 11.8 Å². The standard InChI is InChI=1S/C17H16N2O2/c20-16(14-7-3-1-4-8-14)18-11-12-19(13-18)17(21)15-9-5-2-6-10-15/h1-10H,11-13H2. The van der Waals surface area contributed by atoms with Crippen LogP contribution in [0.3, 0.4) is 0 Å². The van der Waals surface area contributed by atoms with E-state index < -0.39 is 0 Å². The molecule has 21 heavy (non-hydrogen) atoms. The van der Waals surface area contributed by atoms with E-state index in [0.29, 0.717) is 30.9 Å². The highest BCUT2D eigenvalue weighted by Crippen LogP contribution is 2.14. The molecule has 0 aliphatic carbocycles. The van der Waals surface area contributed by atoms with Gasteiger partial charge in [0, 0.05) is 24.2 Å². The van der Waals surface area contributed by atoms with Crippen LogP contribution >= 0.6 is 0 Å². The van der Waals surface area contributed by atoms with Gasteiger partial charge in [-0.15, -0.1) is 0 Å². The Hall–Kier alpha value is -2.62. The molecule has 3 rings (SSSR count). The third-order valence-corrected chi connectivity index (χ3v) is 3.60. The average Bonchev–Trinajstić information content (AvgIpc) is 3.05. The molecule has 0 unspecified atom stereocenters. The monoisotopic (exact) mass is 280 g/mol. The highest BCUT2D eigenvalue weighted by atomic mass is 16.2. The average molecular weight is 280 g/mol. The lowest BCUT2D eigenvalue weighted by Gasteiger charge is -2.18. The Bertz CT molecular complexity index is 583. The SMILES string of the molecule is O=C(c1ccccc1)N1CCN(C(=O)c2ccccc2)C1. The Morgan fingerprint density at radius 1 is 0.667 bits per heavy atom. The quantitative estimate of drug-likeness (QED) is 0.846. The maximum Gasteiger partial charge on any atom is 0.255 e. The van der Waals surface area contributed by atoms with E-state index in [1.165, 1.54) is 0 Å². The van der Waals surface area contributed by atoms with E-state index >= 15 is 0 Å². The maximum absolute atomic E-state index is 12.3. The topological polar surface area (TPSA) is 40.6 Å². The van der Waals surface area contributed by atoms with Gasteiger partial charge in [0.1, 0.15) is 0 Å². The molecule has 1 saturated heterocycles. The van der Waals surface area contributed by atoms with Crippen molar-refractivity contribution in [1.29, 1.82) is 0 Å². The number of carbonyl (C=O) groups excluding carboxylic acids is 2. The fraction of sp³-hybridized carbons (Fsp3) is 0.176. The second kappa shape index (κ2) is 5.79. The summed E-state index contributed by atoms with van der Waals surface area (Å²) in [7, 11) is 0. The van der Waals surface area contributed by atoms with Gasteiger partial charge >= 0.3 is 0 Å². The van der Waals surface area contributed by atoms with Gasteiger partial charge < -0.3 is 9.80 Å². The lowest BCUT2D eigenvalue weighted by Crippen LogP contribution is -2.34. The molecule has 0 aromatic heterocycles. The molecular formula is C17H16N2O2. The van der Waals surface area contributed by atoms with Gasteiger partial charge in [0.05, 0.1) is 6.67 Å². The van der Waals surface area contributed by atoms with Crippen molar-refractivity contribution >= 4 is 11.8 Å². The third-order valence-electron chi connectivity index (χ3n) is 3.60. The number of rotatable bonds is 2. The van der Waals surface area contributed by atoms with Gasteiger partial charge in [-0.1, -0.05) is 36.4 Å². The third kappa shape index (κ3) is 2.79. The number of hydrogen-bond acceptors (Lipinski definition) is 2. The molecule has 2 amide bonds. The summed E-state index contributed by atoms with van der Waals surface area (Å²) >= 11 is 0. The summed E-state index contributed by atoms with van der Waals surface area (Å²) < 4.78 is 0. The van der Waals surface area contributed by atoms with E-state index in [1.807, 2.05) is 36.4 Å². The van der Waals surface area contributed by atoms with Crippen molar-refractivity contribution in [2.24, 2.45) is 0 Å². The molecule has 4 nitrogen and oxygen atoms in total. The molecule has 2 aromatic rings. The van der Waals surface area contributed by atoms with Crippen LogP contribution in [-0.2, 0) is 0 Å². The predicted molar refractivity (Wildman–Crippen MR) is 79.8 cm³/mol. The van der Waals surface area contributed by atoms with Crippen molar-refractivity contribution in [2.45, 2.75) is 0 Å². The molecule has 0 saturated carbocycles. The van der Waals surface area contributed by atoms with Crippen LogP contribution < -0.4 is 0 Å². The van der Waals surface area contributed by atoms with Gasteiger partial charge in [0.25, 0.3) is 11.8 Å². The van der Waals surface area contributed by atoms with E-state index in [4.69, 9.17) is 0 Å². The van der Waals surface area contributed by atoms with Gasteiger partial charge in [0.15, 0.2) is 0 Å². The molecule has 0 radical (unpaired) electrons. The first-order valence-electron chi connectivity index (χ1n) is 6.94. The van der Waals surface area contributed by atoms with Crippen molar-refractivity contribution in [1.82, 2.24) is 9.80 Å². The second-order valence-corrected chi connectivity index (χ2v) is 5.01. The Balaban J connectivity index is 1.69. The normalized spacial score (nSPS) is 14.3. The van der Waals surface area contributed by atoms with Gasteiger partial charge in [-0.05, 0) is 24.3 Å². The highest BCUT2D eigenvalue weighted by molar-refractivity contribution is 5.97. The molecule has 4 heteroatoms. The Morgan fingerprint density at radius 3 is 1.43 bits per heavy atom. The van der Waals surface area contributed by atoms with Crippen LogP contribution in [0.5, 0.6) is 0 Å². The minimum atomic E-state index is -0.0287. The van der Waals surface area contributed by atoms with Crippen molar-refractivity contribution in [2.75, 3.05) is 19.8 Å². The van der Waals surface area contributed by atoms with Crippen LogP contribution in [-0.4, -0.2) is 41.4 Å². The molecule has 1 fully saturated rings. The molecular weight excluding hydrogens is 264 g/mol. The van der Waals surface area contributed by atoms with Crippen LogP contribution in [0.4, 0.5) is 0 Å². The number of amides is 2. The fourth-order valence-corrected chi connectivity index (χ4v) is 2.45. The van der Waals surface area contributed by atoms with Gasteiger partial charge in [0.2, 0.25) is 0 Å². The molecule has 106 valence electrons. The van der Waals surface area contributed by atoms with E-state index in [2.05, 4.69) is 0 Å². The molecule has 0 N–H and O–H groups in total. The first-order valence-corrected chi connectivity index (χ1v) is 6.94. The molecule has 1 aliphatic heterocycles. The van der Waals surface area contributed by atoms with E-state index in [9.17, 15) is 9.59 Å². The van der Waals surface area contributed by atoms with Crippen molar-refractivity contribution in [3.8, 4) is 0 Å². The molecule has 0 bridgehead atoms. The molecule has 2 aromatic carbocycles. The Labute approximate surface area is 123 Å². The van der Waals surface area contributed by atoms with Gasteiger partial charge in [-0.25, -0.2) is 0 Å². The zero-order valence-electron chi connectivity index (χ0n) is 11.6. The summed E-state index contributed by atoms with van der Waals surface area (Å²) in [6.45, 7) is 1.50. The Kier molecular flexibility index (Phi) is 3.69. The largest absolute Gasteiger partial charge is 0.319 e. The van der Waals surface area contributed by atoms with E-state index in [1.54, 1.807) is 34.1 Å². The van der Waals surface area contributed by atoms with Crippen molar-refractivity contribution in [3.63, 3.8) is 0 Å². The minimum absolute atomic E-state index is 0.0287. The van der Waals surface area contributed by atoms with Crippen LogP contribution in [0.25, 0.3) is 0 Å². The molecule has 0 atom stereocenters. The minimum Gasteiger partial charge on any atom is -0.319 e. The lowest BCUT2D eigenvalue weighted by atomic mass is 10.2. The molecule has 0 spiro atoms. The lowest BCUT2D eigenvalue weighted by molar-refractivity contribution is 0.0701. The highest BCUT2D eigenvalue weighted by Gasteiger charge is 2.28. The van der Waals surface area contributed by atoms with Crippen LogP contribution in [0, 0.1) is 0 Å². The second-order valence-electron chi connectivity index (χ2n) is 5.01. The smallest absolute Gasteiger partial charge is 0.255 e. The Morgan fingerprint density at radius 2 is 1.05 bits per heavy atom. The fourth-order valence-electron chi connectivity index (χ4n) is 2.45. The van der Waals surface area contributed by atoms with Gasteiger partial charge in [-0.3, -0.25) is 9.59 Å². The van der Waals surface area contributed by atoms with Gasteiger partial charge in [-0.2, -0.15) is 0 Å². The summed E-state index contributed by atoms with van der Waals surface area (Å²) in [6, 6.07) is 18.3. The zero-order valence-corrected chi connectivity index (χ0v) is 11.6. The maximum atomic E-state index is 12.3. The number of hydrogen-bond donors (Lipinski definition) is 0. The van der Waals surface area contributed by atoms with Crippen molar-refractivity contribution in [3.05, 3.63) is 71.8 Å². The first-order chi connectivity index (χ1) is 10.3. The van der Waals surface area contributed by atoms with Crippen LogP contribution in [0.15, 0.2) is 60.7 Å². The van der Waals surface area contributed by atoms with Crippen molar-refractivity contribution < 1.29 is 9.59 Å². The predicted octanol–water partition coefficient (Wildman–Crippen LogP) is 2.24. The number of benzene rings is 2. The summed E-state index contributed by atoms with van der Waals surface area (Å²) in [4.78, 5) is 28.1. The summed E-state index contributed by atoms with van der Waals surface area (Å²) in [5.74, 6) is -0.0575. The van der Waals surface area contributed by atoms with Crippen LogP contribution in [0.2, 0.25) is 0 Å². The van der Waals surface area contributed by atoms with Crippen LogP contribution in [0.1, 0.15) is 20.7 Å². The zero-order chi connectivity index (χ0) is 14.7. The number of carbonyl (C=O) groups is 2. The number of nitrogens with zero attached hydrogens (tertiary/aromatic N) is 2. The molecule has 1 aliphatic rings. The summed E-state index contributed by atoms with van der Waals surface area (Å²) in [6.07, 6.45) is 0.